The van der Waals surface area contributed by atoms with Crippen LogP contribution in [0.2, 0.25) is 10.0 Å². The lowest BCUT2D eigenvalue weighted by Gasteiger charge is -2.14. The van der Waals surface area contributed by atoms with Gasteiger partial charge in [-0.1, -0.05) is 35.0 Å². The van der Waals surface area contributed by atoms with E-state index < -0.39 is 12.0 Å². The van der Waals surface area contributed by atoms with Crippen LogP contribution in [0.4, 0.5) is 5.00 Å². The van der Waals surface area contributed by atoms with Crippen LogP contribution < -0.4 is 10.6 Å². The van der Waals surface area contributed by atoms with Gasteiger partial charge in [-0.15, -0.1) is 21.5 Å². The lowest BCUT2D eigenvalue weighted by Crippen LogP contribution is -2.28. The van der Waals surface area contributed by atoms with Crippen LogP contribution in [0, 0.1) is 0 Å². The second kappa shape index (κ2) is 12.5. The van der Waals surface area contributed by atoms with E-state index in [9.17, 15) is 14.4 Å². The van der Waals surface area contributed by atoms with Gasteiger partial charge in [0.1, 0.15) is 5.00 Å². The van der Waals surface area contributed by atoms with Crippen molar-refractivity contribution >= 4 is 69.1 Å². The number of halogens is 2. The number of ether oxygens (including phenoxy) is 1. The molecule has 0 saturated heterocycles. The third-order valence-corrected chi connectivity index (χ3v) is 8.99. The smallest absolute Gasteiger partial charge is 0.341 e. The quantitative estimate of drug-likeness (QED) is 0.249. The Bertz CT molecular complexity index is 1370. The number of hydrogen-bond donors (Lipinski definition) is 2. The molecule has 1 aliphatic carbocycles. The van der Waals surface area contributed by atoms with Crippen molar-refractivity contribution in [2.45, 2.75) is 50.7 Å². The standard InChI is InChI=1S/C25H27Cl2N5O4S2/c1-4-36-24(35)20-15-7-5-6-8-18(15)38-23(20)29-19(33)12-37-25-31-30-21(32(25)3)13(2)28-22(34)14-9-10-16(26)17(27)11-14/h9-11,13H,4-8,12H2,1-3H3,(H,28,34)(H,29,33)/t13-/m0/s1. The topological polar surface area (TPSA) is 115 Å². The molecule has 0 spiro atoms. The number of nitrogens with one attached hydrogen (secondary N) is 2. The van der Waals surface area contributed by atoms with Crippen molar-refractivity contribution in [1.82, 2.24) is 20.1 Å². The molecule has 1 aromatic carbocycles. The van der Waals surface area contributed by atoms with Gasteiger partial charge in [0.15, 0.2) is 11.0 Å². The Morgan fingerprint density at radius 3 is 2.68 bits per heavy atom. The molecule has 13 heteroatoms. The van der Waals surface area contributed by atoms with E-state index in [1.54, 1.807) is 37.6 Å². The molecule has 9 nitrogen and oxygen atoms in total. The fourth-order valence-electron chi connectivity index (χ4n) is 4.18. The summed E-state index contributed by atoms with van der Waals surface area (Å²) in [5.74, 6) is -0.393. The molecule has 4 rings (SSSR count). The largest absolute Gasteiger partial charge is 0.462 e. The van der Waals surface area contributed by atoms with E-state index in [1.165, 1.54) is 29.2 Å². The molecule has 202 valence electrons. The first-order valence-corrected chi connectivity index (χ1v) is 14.6. The van der Waals surface area contributed by atoms with Crippen molar-refractivity contribution in [1.29, 1.82) is 0 Å². The maximum absolute atomic E-state index is 12.8. The van der Waals surface area contributed by atoms with E-state index in [0.717, 1.165) is 36.1 Å². The van der Waals surface area contributed by atoms with Crippen LogP contribution in [0.25, 0.3) is 0 Å². The number of nitrogens with zero attached hydrogens (tertiary/aromatic N) is 3. The number of hydrogen-bond acceptors (Lipinski definition) is 8. The van der Waals surface area contributed by atoms with Crippen molar-refractivity contribution in [2.24, 2.45) is 7.05 Å². The van der Waals surface area contributed by atoms with Crippen molar-refractivity contribution in [2.75, 3.05) is 17.7 Å². The lowest BCUT2D eigenvalue weighted by molar-refractivity contribution is -0.113. The molecule has 2 N–H and O–H groups in total. The Labute approximate surface area is 238 Å². The summed E-state index contributed by atoms with van der Waals surface area (Å²) in [7, 11) is 1.77. The second-order valence-electron chi connectivity index (χ2n) is 8.70. The number of carbonyl (C=O) groups is 3. The number of aryl methyl sites for hydroxylation is 1. The minimum Gasteiger partial charge on any atom is -0.462 e. The summed E-state index contributed by atoms with van der Waals surface area (Å²) in [6.07, 6.45) is 3.80. The van der Waals surface area contributed by atoms with Crippen LogP contribution >= 0.6 is 46.3 Å². The van der Waals surface area contributed by atoms with Gasteiger partial charge in [-0.3, -0.25) is 9.59 Å². The van der Waals surface area contributed by atoms with Gasteiger partial charge in [0.25, 0.3) is 5.91 Å². The van der Waals surface area contributed by atoms with Crippen molar-refractivity contribution in [3.8, 4) is 0 Å². The molecule has 38 heavy (non-hydrogen) atoms. The number of benzene rings is 1. The number of esters is 1. The van der Waals surface area contributed by atoms with Gasteiger partial charge in [0.05, 0.1) is 34.0 Å². The summed E-state index contributed by atoms with van der Waals surface area (Å²) in [6.45, 7) is 3.82. The Morgan fingerprint density at radius 2 is 1.95 bits per heavy atom. The minimum absolute atomic E-state index is 0.0703. The Morgan fingerprint density at radius 1 is 1.18 bits per heavy atom. The first-order valence-electron chi connectivity index (χ1n) is 12.1. The molecule has 0 bridgehead atoms. The highest BCUT2D eigenvalue weighted by Gasteiger charge is 2.27. The fraction of sp³-hybridized carbons (Fsp3) is 0.400. The van der Waals surface area contributed by atoms with Crippen LogP contribution in [-0.2, 0) is 29.4 Å². The van der Waals surface area contributed by atoms with Gasteiger partial charge in [0.2, 0.25) is 5.91 Å². The summed E-state index contributed by atoms with van der Waals surface area (Å²) in [6, 6.07) is 4.19. The van der Waals surface area contributed by atoms with Gasteiger partial charge in [-0.2, -0.15) is 0 Å². The number of amides is 2. The zero-order valence-corrected chi connectivity index (χ0v) is 24.2. The predicted molar refractivity (Wildman–Crippen MR) is 150 cm³/mol. The third-order valence-electron chi connectivity index (χ3n) is 6.02. The predicted octanol–water partition coefficient (Wildman–Crippen LogP) is 5.46. The third kappa shape index (κ3) is 6.33. The second-order valence-corrected chi connectivity index (χ2v) is 11.6. The molecular weight excluding hydrogens is 569 g/mol. The number of aromatic nitrogens is 3. The zero-order valence-electron chi connectivity index (χ0n) is 21.1. The molecule has 2 heterocycles. The number of thiophene rings is 1. The van der Waals surface area contributed by atoms with Crippen LogP contribution in [0.15, 0.2) is 23.4 Å². The monoisotopic (exact) mass is 595 g/mol. The average molecular weight is 597 g/mol. The minimum atomic E-state index is -0.456. The molecular formula is C25H27Cl2N5O4S2. The Hall–Kier alpha value is -2.60. The highest BCUT2D eigenvalue weighted by Crippen LogP contribution is 2.38. The first-order chi connectivity index (χ1) is 18.2. The van der Waals surface area contributed by atoms with Crippen LogP contribution in [0.5, 0.6) is 0 Å². The van der Waals surface area contributed by atoms with Crippen LogP contribution in [0.1, 0.15) is 69.7 Å². The number of fused-ring (bicyclic) bond motifs is 1. The van der Waals surface area contributed by atoms with Gasteiger partial charge in [0, 0.05) is 17.5 Å². The van der Waals surface area contributed by atoms with Gasteiger partial charge >= 0.3 is 5.97 Å². The van der Waals surface area contributed by atoms with E-state index in [1.807, 2.05) is 0 Å². The lowest BCUT2D eigenvalue weighted by atomic mass is 9.95. The maximum atomic E-state index is 12.8. The van der Waals surface area contributed by atoms with Gasteiger partial charge in [-0.05, 0) is 63.3 Å². The molecule has 3 aromatic rings. The Kier molecular flexibility index (Phi) is 9.35. The fourth-order valence-corrected chi connectivity index (χ4v) is 6.49. The summed E-state index contributed by atoms with van der Waals surface area (Å²) in [4.78, 5) is 39.2. The summed E-state index contributed by atoms with van der Waals surface area (Å²) in [5, 5.41) is 15.9. The molecule has 1 aliphatic rings. The molecule has 0 saturated carbocycles. The number of anilines is 1. The summed E-state index contributed by atoms with van der Waals surface area (Å²) < 4.78 is 6.99. The van der Waals surface area contributed by atoms with Crippen molar-refractivity contribution in [3.63, 3.8) is 0 Å². The molecule has 0 fully saturated rings. The molecule has 0 radical (unpaired) electrons. The zero-order chi connectivity index (χ0) is 27.4. The van der Waals surface area contributed by atoms with E-state index >= 15 is 0 Å². The molecule has 2 amide bonds. The summed E-state index contributed by atoms with van der Waals surface area (Å²) >= 11 is 14.6. The number of rotatable bonds is 9. The van der Waals surface area contributed by atoms with E-state index in [-0.39, 0.29) is 24.2 Å². The maximum Gasteiger partial charge on any atom is 0.341 e. The first kappa shape index (κ1) is 28.4. The molecule has 0 unspecified atom stereocenters. The van der Waals surface area contributed by atoms with E-state index in [0.29, 0.717) is 37.2 Å². The number of thioether (sulfide) groups is 1. The van der Waals surface area contributed by atoms with Crippen LogP contribution in [0.3, 0.4) is 0 Å². The molecule has 0 aliphatic heterocycles. The van der Waals surface area contributed by atoms with Crippen LogP contribution in [-0.4, -0.2) is 44.9 Å². The highest BCUT2D eigenvalue weighted by atomic mass is 35.5. The molecule has 2 aromatic heterocycles. The normalized spacial score (nSPS) is 13.5. The summed E-state index contributed by atoms with van der Waals surface area (Å²) in [5.41, 5.74) is 1.85. The number of carbonyl (C=O) groups excluding carboxylic acids is 3. The van der Waals surface area contributed by atoms with Crippen molar-refractivity contribution < 1.29 is 19.1 Å². The van der Waals surface area contributed by atoms with Crippen molar-refractivity contribution in [3.05, 3.63) is 55.6 Å². The average Bonchev–Trinajstić information content (AvgIpc) is 3.44. The molecule has 1 atom stereocenters. The van der Waals surface area contributed by atoms with E-state index in [4.69, 9.17) is 27.9 Å². The highest BCUT2D eigenvalue weighted by molar-refractivity contribution is 7.99. The SMILES string of the molecule is CCOC(=O)c1c(NC(=O)CSc2nnc([C@H](C)NC(=O)c3ccc(Cl)c(Cl)c3)n2C)sc2c1CCCC2. The van der Waals surface area contributed by atoms with Gasteiger partial charge < -0.3 is 19.9 Å². The Balaban J connectivity index is 1.39. The van der Waals surface area contributed by atoms with Gasteiger partial charge in [-0.25, -0.2) is 4.79 Å². The van der Waals surface area contributed by atoms with E-state index in [2.05, 4.69) is 20.8 Å².